The number of hydrogen-bond donors (Lipinski definition) is 2. The topological polar surface area (TPSA) is 74.6 Å². The lowest BCUT2D eigenvalue weighted by atomic mass is 9.98. The summed E-state index contributed by atoms with van der Waals surface area (Å²) in [5.41, 5.74) is -0.573. The van der Waals surface area contributed by atoms with Gasteiger partial charge in [-0.3, -0.25) is 9.59 Å². The zero-order valence-corrected chi connectivity index (χ0v) is 17.7. The van der Waals surface area contributed by atoms with Gasteiger partial charge in [0.1, 0.15) is 0 Å². The summed E-state index contributed by atoms with van der Waals surface area (Å²) in [7, 11) is 1.52. The minimum absolute atomic E-state index is 0.00992. The van der Waals surface area contributed by atoms with E-state index >= 15 is 0 Å². The van der Waals surface area contributed by atoms with Crippen LogP contribution in [0.4, 0.5) is 0 Å². The lowest BCUT2D eigenvalue weighted by Gasteiger charge is -2.31. The van der Waals surface area contributed by atoms with Crippen LogP contribution in [0.5, 0.6) is 5.75 Å². The van der Waals surface area contributed by atoms with E-state index in [2.05, 4.69) is 9.62 Å². The van der Waals surface area contributed by atoms with E-state index in [-0.39, 0.29) is 5.56 Å². The number of carbonyl (C=O) groups is 1. The van der Waals surface area contributed by atoms with Gasteiger partial charge in [-0.05, 0) is 55.0 Å². The molecule has 3 rings (SSSR count). The monoisotopic (exact) mass is 441 g/mol. The molecule has 9 heteroatoms. The van der Waals surface area contributed by atoms with Crippen molar-refractivity contribution in [3.63, 3.8) is 0 Å². The SMILES string of the molecule is Cn1ccc(C(=O)NCC2CCN(Sc3ccc(Cl)c(Cl)c3)CC2)c(O)c1=O. The van der Waals surface area contributed by atoms with Gasteiger partial charge >= 0.3 is 0 Å². The molecular formula is C19H21Cl2N3O3S. The van der Waals surface area contributed by atoms with E-state index in [1.165, 1.54) is 23.9 Å². The molecule has 1 amide bonds. The average molecular weight is 442 g/mol. The van der Waals surface area contributed by atoms with Gasteiger partial charge in [0.15, 0.2) is 5.75 Å². The summed E-state index contributed by atoms with van der Waals surface area (Å²) in [5, 5.41) is 13.8. The van der Waals surface area contributed by atoms with Gasteiger partial charge in [0.2, 0.25) is 0 Å². The van der Waals surface area contributed by atoms with E-state index in [0.29, 0.717) is 22.5 Å². The second-order valence-corrected chi connectivity index (χ2v) is 8.73. The van der Waals surface area contributed by atoms with Crippen LogP contribution in [0.3, 0.4) is 0 Å². The number of piperidine rings is 1. The van der Waals surface area contributed by atoms with Crippen LogP contribution in [0.1, 0.15) is 23.2 Å². The molecule has 0 radical (unpaired) electrons. The molecule has 0 unspecified atom stereocenters. The van der Waals surface area contributed by atoms with Crippen molar-refractivity contribution in [2.75, 3.05) is 19.6 Å². The van der Waals surface area contributed by atoms with Crippen LogP contribution in [-0.2, 0) is 7.05 Å². The summed E-state index contributed by atoms with van der Waals surface area (Å²) in [6.07, 6.45) is 3.35. The first-order valence-corrected chi connectivity index (χ1v) is 10.4. The molecule has 2 heterocycles. The number of aromatic nitrogens is 1. The van der Waals surface area contributed by atoms with Crippen LogP contribution < -0.4 is 10.9 Å². The Morgan fingerprint density at radius 1 is 1.25 bits per heavy atom. The van der Waals surface area contributed by atoms with Crippen LogP contribution in [0, 0.1) is 5.92 Å². The summed E-state index contributed by atoms with van der Waals surface area (Å²) in [6.45, 7) is 2.30. The molecule has 1 fully saturated rings. The van der Waals surface area contributed by atoms with Gasteiger partial charge in [0, 0.05) is 37.8 Å². The van der Waals surface area contributed by atoms with Crippen molar-refractivity contribution in [3.05, 3.63) is 56.4 Å². The molecular weight excluding hydrogens is 421 g/mol. The Morgan fingerprint density at radius 2 is 1.96 bits per heavy atom. The fourth-order valence-electron chi connectivity index (χ4n) is 3.02. The lowest BCUT2D eigenvalue weighted by molar-refractivity contribution is 0.0939. The number of hydrogen-bond acceptors (Lipinski definition) is 5. The van der Waals surface area contributed by atoms with E-state index in [9.17, 15) is 14.7 Å². The standard InChI is InChI=1S/C19H21Cl2N3O3S/c1-23-7-6-14(17(25)19(23)27)18(26)22-11-12-4-8-24(9-5-12)28-13-2-3-15(20)16(21)10-13/h2-3,6-7,10,12,25H,4-5,8-9,11H2,1H3,(H,22,26). The third kappa shape index (κ3) is 5.03. The van der Waals surface area contributed by atoms with Gasteiger partial charge in [-0.1, -0.05) is 23.2 Å². The first-order chi connectivity index (χ1) is 13.3. The van der Waals surface area contributed by atoms with Crippen molar-refractivity contribution in [2.45, 2.75) is 17.7 Å². The highest BCUT2D eigenvalue weighted by Gasteiger charge is 2.22. The van der Waals surface area contributed by atoms with Crippen LogP contribution >= 0.6 is 35.1 Å². The number of aromatic hydroxyl groups is 1. The number of halogens is 2. The fourth-order valence-corrected chi connectivity index (χ4v) is 4.37. The third-order valence-corrected chi connectivity index (χ3v) is 6.56. The van der Waals surface area contributed by atoms with Crippen molar-refractivity contribution in [3.8, 4) is 5.75 Å². The number of benzene rings is 1. The predicted octanol–water partition coefficient (Wildman–Crippen LogP) is 3.55. The van der Waals surface area contributed by atoms with E-state index in [4.69, 9.17) is 23.2 Å². The number of pyridine rings is 1. The molecule has 150 valence electrons. The van der Waals surface area contributed by atoms with Crippen LogP contribution in [0.15, 0.2) is 40.2 Å². The number of carbonyl (C=O) groups excluding carboxylic acids is 1. The van der Waals surface area contributed by atoms with E-state index < -0.39 is 17.2 Å². The van der Waals surface area contributed by atoms with E-state index in [0.717, 1.165) is 30.8 Å². The van der Waals surface area contributed by atoms with Crippen molar-refractivity contribution in [2.24, 2.45) is 13.0 Å². The quantitative estimate of drug-likeness (QED) is 0.693. The number of amides is 1. The Morgan fingerprint density at radius 3 is 2.64 bits per heavy atom. The van der Waals surface area contributed by atoms with Crippen LogP contribution in [-0.4, -0.2) is 39.5 Å². The Labute approximate surface area is 177 Å². The van der Waals surface area contributed by atoms with Gasteiger partial charge in [-0.2, -0.15) is 0 Å². The third-order valence-electron chi connectivity index (χ3n) is 4.74. The highest BCUT2D eigenvalue weighted by molar-refractivity contribution is 7.97. The summed E-state index contributed by atoms with van der Waals surface area (Å²) in [6, 6.07) is 7.04. The molecule has 0 aliphatic carbocycles. The van der Waals surface area contributed by atoms with Crippen molar-refractivity contribution < 1.29 is 9.90 Å². The zero-order valence-electron chi connectivity index (χ0n) is 15.3. The Kier molecular flexibility index (Phi) is 6.93. The first-order valence-electron chi connectivity index (χ1n) is 8.90. The molecule has 1 aliphatic heterocycles. The molecule has 1 aromatic heterocycles. The summed E-state index contributed by atoms with van der Waals surface area (Å²) in [4.78, 5) is 25.1. The molecule has 1 aliphatic rings. The van der Waals surface area contributed by atoms with Gasteiger partial charge < -0.3 is 15.0 Å². The van der Waals surface area contributed by atoms with E-state index in [1.807, 2.05) is 12.1 Å². The highest BCUT2D eigenvalue weighted by atomic mass is 35.5. The smallest absolute Gasteiger partial charge is 0.293 e. The van der Waals surface area contributed by atoms with Crippen molar-refractivity contribution in [1.29, 1.82) is 0 Å². The maximum atomic E-state index is 12.3. The molecule has 0 atom stereocenters. The largest absolute Gasteiger partial charge is 0.502 e. The summed E-state index contributed by atoms with van der Waals surface area (Å²) < 4.78 is 3.50. The second kappa shape index (κ2) is 9.22. The first kappa shape index (κ1) is 21.0. The normalized spacial score (nSPS) is 15.5. The molecule has 2 N–H and O–H groups in total. The fraction of sp³-hybridized carbons (Fsp3) is 0.368. The molecule has 6 nitrogen and oxygen atoms in total. The Balaban J connectivity index is 1.48. The minimum Gasteiger partial charge on any atom is -0.502 e. The molecule has 1 saturated heterocycles. The van der Waals surface area contributed by atoms with Gasteiger partial charge in [-0.15, -0.1) is 0 Å². The van der Waals surface area contributed by atoms with Gasteiger partial charge in [-0.25, -0.2) is 4.31 Å². The predicted molar refractivity (Wildman–Crippen MR) is 112 cm³/mol. The molecule has 2 aromatic rings. The molecule has 0 bridgehead atoms. The van der Waals surface area contributed by atoms with Crippen molar-refractivity contribution in [1.82, 2.24) is 14.2 Å². The molecule has 0 spiro atoms. The maximum Gasteiger partial charge on any atom is 0.293 e. The summed E-state index contributed by atoms with van der Waals surface area (Å²) in [5.74, 6) is -0.596. The minimum atomic E-state index is -0.583. The number of aryl methyl sites for hydroxylation is 1. The number of rotatable bonds is 5. The summed E-state index contributed by atoms with van der Waals surface area (Å²) >= 11 is 13.7. The molecule has 1 aromatic carbocycles. The second-order valence-electron chi connectivity index (χ2n) is 6.74. The van der Waals surface area contributed by atoms with Crippen LogP contribution in [0.25, 0.3) is 0 Å². The van der Waals surface area contributed by atoms with Gasteiger partial charge in [0.25, 0.3) is 11.5 Å². The molecule has 0 saturated carbocycles. The van der Waals surface area contributed by atoms with E-state index in [1.54, 1.807) is 18.0 Å². The Bertz CT molecular complexity index is 927. The van der Waals surface area contributed by atoms with Gasteiger partial charge in [0.05, 0.1) is 15.6 Å². The highest BCUT2D eigenvalue weighted by Crippen LogP contribution is 2.32. The Hall–Kier alpha value is -1.67. The van der Waals surface area contributed by atoms with Crippen LogP contribution in [0.2, 0.25) is 10.0 Å². The zero-order chi connectivity index (χ0) is 20.3. The number of nitrogens with one attached hydrogen (secondary N) is 1. The molecule has 28 heavy (non-hydrogen) atoms. The van der Waals surface area contributed by atoms with Crippen molar-refractivity contribution >= 4 is 41.1 Å². The average Bonchev–Trinajstić information content (AvgIpc) is 2.68. The maximum absolute atomic E-state index is 12.3. The number of nitrogens with zero attached hydrogens (tertiary/aromatic N) is 2. The lowest BCUT2D eigenvalue weighted by Crippen LogP contribution is -2.36.